The van der Waals surface area contributed by atoms with Crippen LogP contribution in [0.2, 0.25) is 0 Å². The normalized spacial score (nSPS) is 10.9. The predicted octanol–water partition coefficient (Wildman–Crippen LogP) is 3.99. The molecule has 0 atom stereocenters. The van der Waals surface area contributed by atoms with E-state index in [2.05, 4.69) is 31.2 Å². The van der Waals surface area contributed by atoms with E-state index in [4.69, 9.17) is 4.52 Å². The summed E-state index contributed by atoms with van der Waals surface area (Å²) in [6.07, 6.45) is 1.34. The molecule has 4 aromatic rings. The maximum atomic E-state index is 13.5. The predicted molar refractivity (Wildman–Crippen MR) is 96.2 cm³/mol. The highest BCUT2D eigenvalue weighted by Gasteiger charge is 2.16. The molecule has 0 unspecified atom stereocenters. The summed E-state index contributed by atoms with van der Waals surface area (Å²) in [6.45, 7) is 0. The summed E-state index contributed by atoms with van der Waals surface area (Å²) in [7, 11) is 0. The van der Waals surface area contributed by atoms with E-state index in [0.29, 0.717) is 5.56 Å². The van der Waals surface area contributed by atoms with Crippen molar-refractivity contribution in [2.24, 2.45) is 0 Å². The monoisotopic (exact) mass is 430 g/mol. The van der Waals surface area contributed by atoms with Crippen LogP contribution in [0.25, 0.3) is 28.7 Å². The van der Waals surface area contributed by atoms with Crippen molar-refractivity contribution in [3.05, 3.63) is 81.1 Å². The van der Waals surface area contributed by atoms with E-state index in [9.17, 15) is 13.6 Å². The molecule has 0 aliphatic rings. The average Bonchev–Trinajstić information content (AvgIpc) is 3.14. The molecule has 0 radical (unpaired) electrons. The highest BCUT2D eigenvalue weighted by molar-refractivity contribution is 9.10. The van der Waals surface area contributed by atoms with E-state index in [1.54, 1.807) is 12.1 Å². The Kier molecular flexibility index (Phi) is 4.36. The number of halogens is 3. The molecule has 2 heterocycles. The molecule has 0 fully saturated rings. The van der Waals surface area contributed by atoms with Gasteiger partial charge in [0.25, 0.3) is 5.89 Å². The fraction of sp³-hybridized carbons (Fsp3) is 0. The molecule has 0 N–H and O–H groups in total. The van der Waals surface area contributed by atoms with Gasteiger partial charge in [-0.25, -0.2) is 13.5 Å². The largest absolute Gasteiger partial charge is 0.332 e. The highest BCUT2D eigenvalue weighted by atomic mass is 79.9. The van der Waals surface area contributed by atoms with Crippen molar-refractivity contribution >= 4 is 15.9 Å². The van der Waals surface area contributed by atoms with Crippen molar-refractivity contribution in [1.29, 1.82) is 0 Å². The lowest BCUT2D eigenvalue weighted by Gasteiger charge is -2.06. The fourth-order valence-electron chi connectivity index (χ4n) is 2.39. The fourth-order valence-corrected chi connectivity index (χ4v) is 2.79. The molecule has 0 amide bonds. The topological polar surface area (TPSA) is 73.8 Å². The maximum absolute atomic E-state index is 13.5. The molecule has 0 spiro atoms. The molecule has 134 valence electrons. The Morgan fingerprint density at radius 2 is 1.89 bits per heavy atom. The van der Waals surface area contributed by atoms with Crippen LogP contribution in [-0.4, -0.2) is 19.9 Å². The minimum absolute atomic E-state index is 0.0769. The van der Waals surface area contributed by atoms with Crippen molar-refractivity contribution in [2.75, 3.05) is 0 Å². The van der Waals surface area contributed by atoms with Gasteiger partial charge in [0.05, 0.1) is 5.69 Å². The lowest BCUT2D eigenvalue weighted by atomic mass is 10.2. The molecule has 0 saturated heterocycles. The molecule has 6 nitrogen and oxygen atoms in total. The van der Waals surface area contributed by atoms with E-state index in [1.165, 1.54) is 23.0 Å². The zero-order valence-corrected chi connectivity index (χ0v) is 15.0. The molecule has 0 aliphatic heterocycles. The smallest absolute Gasteiger partial charge is 0.282 e. The summed E-state index contributed by atoms with van der Waals surface area (Å²) in [5, 5.41) is 7.99. The standard InChI is InChI=1S/C18H9BrF2N4O2/c19-11-3-1-2-10(8-11)17-22-18(27-24-17)16-15(26)6-7-25(23-16)12-4-5-13(20)14(21)9-12/h1-9H. The molecule has 9 heteroatoms. The van der Waals surface area contributed by atoms with E-state index < -0.39 is 17.1 Å². The number of aromatic nitrogens is 4. The van der Waals surface area contributed by atoms with E-state index >= 15 is 0 Å². The van der Waals surface area contributed by atoms with Gasteiger partial charge in [-0.15, -0.1) is 0 Å². The van der Waals surface area contributed by atoms with Gasteiger partial charge in [0.2, 0.25) is 11.3 Å². The summed E-state index contributed by atoms with van der Waals surface area (Å²) in [5.41, 5.74) is 0.382. The lowest BCUT2D eigenvalue weighted by molar-refractivity contribution is 0.429. The minimum atomic E-state index is -1.02. The Labute approximate surface area is 159 Å². The lowest BCUT2D eigenvalue weighted by Crippen LogP contribution is -2.13. The maximum Gasteiger partial charge on any atom is 0.282 e. The molecule has 0 bridgehead atoms. The van der Waals surface area contributed by atoms with E-state index in [0.717, 1.165) is 16.6 Å². The zero-order valence-electron chi connectivity index (χ0n) is 13.4. The first-order chi connectivity index (χ1) is 13.0. The van der Waals surface area contributed by atoms with E-state index in [-0.39, 0.29) is 23.1 Å². The van der Waals surface area contributed by atoms with Crippen LogP contribution in [0.5, 0.6) is 0 Å². The van der Waals surface area contributed by atoms with Gasteiger partial charge in [-0.3, -0.25) is 4.79 Å². The van der Waals surface area contributed by atoms with Gasteiger partial charge < -0.3 is 4.52 Å². The SMILES string of the molecule is O=c1ccn(-c2ccc(F)c(F)c2)nc1-c1nc(-c2cccc(Br)c2)no1. The van der Waals surface area contributed by atoms with Crippen LogP contribution in [-0.2, 0) is 0 Å². The Balaban J connectivity index is 1.76. The molecule has 2 aromatic heterocycles. The van der Waals surface area contributed by atoms with Crippen LogP contribution in [0.1, 0.15) is 0 Å². The van der Waals surface area contributed by atoms with Crippen molar-refractivity contribution in [2.45, 2.75) is 0 Å². The van der Waals surface area contributed by atoms with Crippen molar-refractivity contribution < 1.29 is 13.3 Å². The number of rotatable bonds is 3. The molecule has 0 saturated carbocycles. The van der Waals surface area contributed by atoms with Gasteiger partial charge in [0, 0.05) is 28.4 Å². The van der Waals surface area contributed by atoms with Crippen LogP contribution in [0.3, 0.4) is 0 Å². The van der Waals surface area contributed by atoms with Gasteiger partial charge >= 0.3 is 0 Å². The highest BCUT2D eigenvalue weighted by Crippen LogP contribution is 2.22. The second-order valence-electron chi connectivity index (χ2n) is 5.51. The minimum Gasteiger partial charge on any atom is -0.332 e. The van der Waals surface area contributed by atoms with Crippen molar-refractivity contribution in [1.82, 2.24) is 19.9 Å². The van der Waals surface area contributed by atoms with Gasteiger partial charge in [-0.05, 0) is 24.3 Å². The van der Waals surface area contributed by atoms with Crippen LogP contribution in [0.15, 0.2) is 68.5 Å². The third-order valence-corrected chi connectivity index (χ3v) is 4.18. The summed E-state index contributed by atoms with van der Waals surface area (Å²) < 4.78 is 33.8. The third kappa shape index (κ3) is 3.41. The molecule has 0 aliphatic carbocycles. The van der Waals surface area contributed by atoms with Crippen LogP contribution in [0, 0.1) is 11.6 Å². The number of nitrogens with zero attached hydrogens (tertiary/aromatic N) is 4. The first-order valence-electron chi connectivity index (χ1n) is 7.67. The van der Waals surface area contributed by atoms with Crippen LogP contribution in [0.4, 0.5) is 8.78 Å². The first-order valence-corrected chi connectivity index (χ1v) is 8.46. The molecule has 4 rings (SSSR count). The molecular formula is C18H9BrF2N4O2. The molecule has 27 heavy (non-hydrogen) atoms. The van der Waals surface area contributed by atoms with E-state index in [1.807, 2.05) is 12.1 Å². The Morgan fingerprint density at radius 1 is 1.04 bits per heavy atom. The second-order valence-corrected chi connectivity index (χ2v) is 6.42. The van der Waals surface area contributed by atoms with Gasteiger partial charge in [0.15, 0.2) is 17.3 Å². The average molecular weight is 431 g/mol. The zero-order chi connectivity index (χ0) is 19.0. The molecular weight excluding hydrogens is 422 g/mol. The Morgan fingerprint density at radius 3 is 2.67 bits per heavy atom. The summed E-state index contributed by atoms with van der Waals surface area (Å²) in [6, 6.07) is 11.8. The van der Waals surface area contributed by atoms with Crippen LogP contribution >= 0.6 is 15.9 Å². The number of hydrogen-bond acceptors (Lipinski definition) is 5. The Hall–Kier alpha value is -3.20. The quantitative estimate of drug-likeness (QED) is 0.491. The van der Waals surface area contributed by atoms with Crippen molar-refractivity contribution in [3.8, 4) is 28.7 Å². The summed E-state index contributed by atoms with van der Waals surface area (Å²) in [4.78, 5) is 16.4. The summed E-state index contributed by atoms with van der Waals surface area (Å²) >= 11 is 3.36. The Bertz CT molecular complexity index is 1210. The van der Waals surface area contributed by atoms with Gasteiger partial charge in [-0.1, -0.05) is 33.2 Å². The summed E-state index contributed by atoms with van der Waals surface area (Å²) in [5.74, 6) is -1.79. The molecule has 2 aromatic carbocycles. The number of hydrogen-bond donors (Lipinski definition) is 0. The van der Waals surface area contributed by atoms with Crippen molar-refractivity contribution in [3.63, 3.8) is 0 Å². The first kappa shape index (κ1) is 17.2. The van der Waals surface area contributed by atoms with Gasteiger partial charge in [0.1, 0.15) is 0 Å². The van der Waals surface area contributed by atoms with Gasteiger partial charge in [-0.2, -0.15) is 10.1 Å². The second kappa shape index (κ2) is 6.84. The third-order valence-electron chi connectivity index (χ3n) is 3.69. The van der Waals surface area contributed by atoms with Crippen LogP contribution < -0.4 is 5.43 Å². The number of benzene rings is 2.